The van der Waals surface area contributed by atoms with Crippen LogP contribution in [0.2, 0.25) is 0 Å². The molecule has 1 atom stereocenters. The van der Waals surface area contributed by atoms with Gasteiger partial charge in [-0.25, -0.2) is 0 Å². The molecular formula is C14H27N. The van der Waals surface area contributed by atoms with E-state index in [-0.39, 0.29) is 0 Å². The van der Waals surface area contributed by atoms with Crippen LogP contribution in [-0.4, -0.2) is 24.5 Å². The van der Waals surface area contributed by atoms with Crippen molar-refractivity contribution in [2.75, 3.05) is 13.6 Å². The molecule has 0 bridgehead atoms. The Labute approximate surface area is 95.9 Å². The minimum absolute atomic E-state index is 0.565. The van der Waals surface area contributed by atoms with E-state index in [0.717, 1.165) is 13.0 Å². The molecule has 0 amide bonds. The van der Waals surface area contributed by atoms with Crippen LogP contribution in [0.25, 0.3) is 0 Å². The van der Waals surface area contributed by atoms with E-state index in [4.69, 9.17) is 0 Å². The molecule has 0 rings (SSSR count). The van der Waals surface area contributed by atoms with Crippen molar-refractivity contribution in [2.45, 2.75) is 52.0 Å². The predicted molar refractivity (Wildman–Crippen MR) is 70.2 cm³/mol. The van der Waals surface area contributed by atoms with E-state index >= 15 is 0 Å². The molecule has 15 heavy (non-hydrogen) atoms. The van der Waals surface area contributed by atoms with Gasteiger partial charge in [-0.15, -0.1) is 6.58 Å². The van der Waals surface area contributed by atoms with Crippen molar-refractivity contribution in [3.05, 3.63) is 24.8 Å². The van der Waals surface area contributed by atoms with Crippen molar-refractivity contribution in [3.8, 4) is 0 Å². The lowest BCUT2D eigenvalue weighted by molar-refractivity contribution is 0.254. The topological polar surface area (TPSA) is 3.24 Å². The van der Waals surface area contributed by atoms with Crippen molar-refractivity contribution < 1.29 is 0 Å². The third-order valence-corrected chi connectivity index (χ3v) is 2.85. The van der Waals surface area contributed by atoms with Crippen molar-refractivity contribution in [3.63, 3.8) is 0 Å². The number of allylic oxidation sites excluding steroid dienone is 1. The lowest BCUT2D eigenvalue weighted by atomic mass is 10.0. The zero-order chi connectivity index (χ0) is 11.7. The summed E-state index contributed by atoms with van der Waals surface area (Å²) in [5, 5.41) is 0. The lowest BCUT2D eigenvalue weighted by Gasteiger charge is -2.28. The molecule has 88 valence electrons. The molecule has 1 nitrogen and oxygen atoms in total. The summed E-state index contributed by atoms with van der Waals surface area (Å²) in [5.74, 6) is 0. The van der Waals surface area contributed by atoms with E-state index in [0.29, 0.717) is 6.04 Å². The van der Waals surface area contributed by atoms with Gasteiger partial charge in [0.1, 0.15) is 0 Å². The molecule has 1 heteroatoms. The number of rotatable bonds is 9. The Morgan fingerprint density at radius 1 is 1.40 bits per heavy atom. The number of nitrogens with zero attached hydrogens (tertiary/aromatic N) is 1. The molecule has 0 aliphatic rings. The van der Waals surface area contributed by atoms with Crippen LogP contribution < -0.4 is 0 Å². The number of hydrogen-bond donors (Lipinski definition) is 0. The molecule has 0 aliphatic carbocycles. The normalized spacial score (nSPS) is 12.8. The Bertz CT molecular complexity index is 184. The Hall–Kier alpha value is -0.560. The van der Waals surface area contributed by atoms with Crippen LogP contribution in [0, 0.1) is 0 Å². The maximum absolute atomic E-state index is 4.10. The van der Waals surface area contributed by atoms with Crippen LogP contribution in [0.1, 0.15) is 46.0 Å². The molecule has 0 heterocycles. The van der Waals surface area contributed by atoms with Gasteiger partial charge in [-0.1, -0.05) is 38.0 Å². The fourth-order valence-corrected chi connectivity index (χ4v) is 1.88. The largest absolute Gasteiger partial charge is 0.300 e. The Balaban J connectivity index is 3.98. The fraction of sp³-hybridized carbons (Fsp3) is 0.714. The molecule has 0 aromatic rings. The maximum Gasteiger partial charge on any atom is 0.0299 e. The molecule has 1 unspecified atom stereocenters. The fourth-order valence-electron chi connectivity index (χ4n) is 1.88. The van der Waals surface area contributed by atoms with Crippen molar-refractivity contribution in [1.29, 1.82) is 0 Å². The molecule has 0 spiro atoms. The second-order valence-electron chi connectivity index (χ2n) is 4.42. The van der Waals surface area contributed by atoms with Gasteiger partial charge in [-0.3, -0.25) is 4.90 Å². The molecule has 0 aliphatic heterocycles. The predicted octanol–water partition coefficient (Wildman–Crippen LogP) is 4.02. The number of unbranched alkanes of at least 4 members (excludes halogenated alkanes) is 2. The van der Waals surface area contributed by atoms with E-state index in [1.165, 1.54) is 31.3 Å². The minimum atomic E-state index is 0.565. The highest BCUT2D eigenvalue weighted by atomic mass is 15.1. The molecular weight excluding hydrogens is 182 g/mol. The van der Waals surface area contributed by atoms with Crippen LogP contribution in [0.15, 0.2) is 24.8 Å². The smallest absolute Gasteiger partial charge is 0.0299 e. The zero-order valence-corrected chi connectivity index (χ0v) is 10.8. The van der Waals surface area contributed by atoms with E-state index < -0.39 is 0 Å². The molecule has 0 fully saturated rings. The molecule has 0 aromatic carbocycles. The summed E-state index contributed by atoms with van der Waals surface area (Å²) in [6.07, 6.45) is 8.12. The van der Waals surface area contributed by atoms with Crippen LogP contribution in [0.3, 0.4) is 0 Å². The summed E-state index contributed by atoms with van der Waals surface area (Å²) in [7, 11) is 2.21. The standard InChI is InChI=1S/C14H27N/c1-6-8-10-12-15(5)14(13(3)4)11-9-7-2/h6,14H,1,3,7-12H2,2,4-5H3. The van der Waals surface area contributed by atoms with Crippen molar-refractivity contribution in [1.82, 2.24) is 4.90 Å². The van der Waals surface area contributed by atoms with Gasteiger partial charge < -0.3 is 0 Å². The average molecular weight is 209 g/mol. The molecule has 0 saturated carbocycles. The first kappa shape index (κ1) is 14.4. The Morgan fingerprint density at radius 2 is 2.07 bits per heavy atom. The maximum atomic E-state index is 4.10. The van der Waals surface area contributed by atoms with Crippen molar-refractivity contribution in [2.24, 2.45) is 0 Å². The highest BCUT2D eigenvalue weighted by Crippen LogP contribution is 2.15. The van der Waals surface area contributed by atoms with E-state index in [1.54, 1.807) is 0 Å². The quantitative estimate of drug-likeness (QED) is 0.409. The number of likely N-dealkylation sites (N-methyl/N-ethyl adjacent to an activating group) is 1. The van der Waals surface area contributed by atoms with Gasteiger partial charge in [-0.2, -0.15) is 0 Å². The molecule has 0 N–H and O–H groups in total. The summed E-state index contributed by atoms with van der Waals surface area (Å²) in [6, 6.07) is 0.565. The van der Waals surface area contributed by atoms with Crippen LogP contribution in [0.4, 0.5) is 0 Å². The zero-order valence-electron chi connectivity index (χ0n) is 10.8. The van der Waals surface area contributed by atoms with E-state index in [9.17, 15) is 0 Å². The van der Waals surface area contributed by atoms with Gasteiger partial charge >= 0.3 is 0 Å². The van der Waals surface area contributed by atoms with E-state index in [2.05, 4.69) is 39.0 Å². The van der Waals surface area contributed by atoms with Gasteiger partial charge in [0.25, 0.3) is 0 Å². The summed E-state index contributed by atoms with van der Waals surface area (Å²) < 4.78 is 0. The van der Waals surface area contributed by atoms with E-state index in [1.807, 2.05) is 6.08 Å². The highest BCUT2D eigenvalue weighted by Gasteiger charge is 2.13. The van der Waals surface area contributed by atoms with Gasteiger partial charge in [0, 0.05) is 6.04 Å². The minimum Gasteiger partial charge on any atom is -0.300 e. The van der Waals surface area contributed by atoms with Crippen LogP contribution in [0.5, 0.6) is 0 Å². The summed E-state index contributed by atoms with van der Waals surface area (Å²) >= 11 is 0. The van der Waals surface area contributed by atoms with Crippen molar-refractivity contribution >= 4 is 0 Å². The van der Waals surface area contributed by atoms with Gasteiger partial charge in [-0.05, 0) is 39.8 Å². The molecule has 0 radical (unpaired) electrons. The van der Waals surface area contributed by atoms with Crippen LogP contribution >= 0.6 is 0 Å². The molecule has 0 aromatic heterocycles. The van der Waals surface area contributed by atoms with Gasteiger partial charge in [0.05, 0.1) is 0 Å². The van der Waals surface area contributed by atoms with Gasteiger partial charge in [0.15, 0.2) is 0 Å². The third kappa shape index (κ3) is 6.51. The summed E-state index contributed by atoms with van der Waals surface area (Å²) in [4.78, 5) is 2.43. The highest BCUT2D eigenvalue weighted by molar-refractivity contribution is 5.01. The second kappa shape index (κ2) is 8.72. The van der Waals surface area contributed by atoms with Crippen LogP contribution in [-0.2, 0) is 0 Å². The average Bonchev–Trinajstić information content (AvgIpc) is 2.18. The first-order valence-electron chi connectivity index (χ1n) is 6.10. The molecule has 0 saturated heterocycles. The Kier molecular flexibility index (Phi) is 8.40. The first-order valence-corrected chi connectivity index (χ1v) is 6.10. The Morgan fingerprint density at radius 3 is 2.53 bits per heavy atom. The SMILES string of the molecule is C=CCCCN(C)C(CCCC)C(=C)C. The monoisotopic (exact) mass is 209 g/mol. The number of hydrogen-bond acceptors (Lipinski definition) is 1. The summed E-state index contributed by atoms with van der Waals surface area (Å²) in [6.45, 7) is 13.4. The van der Waals surface area contributed by atoms with Gasteiger partial charge in [0.2, 0.25) is 0 Å². The second-order valence-corrected chi connectivity index (χ2v) is 4.42. The first-order chi connectivity index (χ1) is 7.13. The lowest BCUT2D eigenvalue weighted by Crippen LogP contribution is -2.33. The summed E-state index contributed by atoms with van der Waals surface area (Å²) in [5.41, 5.74) is 1.30. The third-order valence-electron chi connectivity index (χ3n) is 2.85.